The second-order valence-corrected chi connectivity index (χ2v) is 8.12. The van der Waals surface area contributed by atoms with Crippen molar-refractivity contribution < 1.29 is 23.1 Å². The number of nitrogens with zero attached hydrogens (tertiary/aromatic N) is 4. The minimum Gasteiger partial charge on any atom is -0.388 e. The smallest absolute Gasteiger partial charge is 0.322 e. The molecule has 0 fully saturated rings. The number of aliphatic hydroxyl groups is 1. The Morgan fingerprint density at radius 2 is 2.16 bits per heavy atom. The van der Waals surface area contributed by atoms with Crippen LogP contribution in [0, 0.1) is 17.1 Å². The first-order chi connectivity index (χ1) is 14.7. The fourth-order valence-corrected chi connectivity index (χ4v) is 4.17. The van der Waals surface area contributed by atoms with Crippen LogP contribution < -0.4 is 5.32 Å². The number of urea groups is 1. The quantitative estimate of drug-likeness (QED) is 0.758. The van der Waals surface area contributed by atoms with E-state index in [2.05, 4.69) is 10.4 Å². The van der Waals surface area contributed by atoms with Crippen LogP contribution in [0.1, 0.15) is 48.7 Å². The van der Waals surface area contributed by atoms with Crippen molar-refractivity contribution in [3.8, 4) is 6.07 Å². The summed E-state index contributed by atoms with van der Waals surface area (Å²) in [6, 6.07) is 4.79. The molecule has 2 amide bonds. The molecule has 3 heterocycles. The van der Waals surface area contributed by atoms with Crippen LogP contribution in [0.3, 0.4) is 0 Å². The molecule has 1 aromatic carbocycles. The van der Waals surface area contributed by atoms with Crippen molar-refractivity contribution >= 4 is 11.7 Å². The number of fused-ring (bicyclic) bond motifs is 3. The van der Waals surface area contributed by atoms with Crippen LogP contribution in [0.5, 0.6) is 0 Å². The molecule has 1 aromatic heterocycles. The summed E-state index contributed by atoms with van der Waals surface area (Å²) >= 11 is 0. The summed E-state index contributed by atoms with van der Waals surface area (Å²) in [5.41, 5.74) is -0.639. The largest absolute Gasteiger partial charge is 0.388 e. The third-order valence-electron chi connectivity index (χ3n) is 6.08. The number of halogens is 3. The predicted octanol–water partition coefficient (Wildman–Crippen LogP) is 3.51. The molecule has 2 aliphatic rings. The summed E-state index contributed by atoms with van der Waals surface area (Å²) in [6.45, 7) is 1.96. The Hall–Kier alpha value is -3.06. The van der Waals surface area contributed by atoms with Crippen LogP contribution in [-0.2, 0) is 25.4 Å². The van der Waals surface area contributed by atoms with Crippen LogP contribution in [-0.4, -0.2) is 38.0 Å². The molecule has 0 saturated carbocycles. The molecule has 7 nitrogen and oxygen atoms in total. The SMILES string of the molecule is CC[C@@]1(O)CCC(F)(F)c2c3c(nn2C1)CCN(C(=O)Nc1ccc(F)c(C#N)c1)C3. The number of anilines is 1. The molecule has 2 aliphatic heterocycles. The van der Waals surface area contributed by atoms with Gasteiger partial charge in [-0.3, -0.25) is 4.68 Å². The molecule has 2 N–H and O–H groups in total. The number of aromatic nitrogens is 2. The fourth-order valence-electron chi connectivity index (χ4n) is 4.17. The Bertz CT molecular complexity index is 1080. The second kappa shape index (κ2) is 7.57. The first-order valence-corrected chi connectivity index (χ1v) is 10.1. The lowest BCUT2D eigenvalue weighted by Gasteiger charge is -2.28. The minimum atomic E-state index is -3.17. The summed E-state index contributed by atoms with van der Waals surface area (Å²) in [5, 5.41) is 26.5. The van der Waals surface area contributed by atoms with Crippen molar-refractivity contribution in [1.29, 1.82) is 5.26 Å². The lowest BCUT2D eigenvalue weighted by Crippen LogP contribution is -2.39. The van der Waals surface area contributed by atoms with E-state index in [0.29, 0.717) is 24.1 Å². The first-order valence-electron chi connectivity index (χ1n) is 10.1. The van der Waals surface area contributed by atoms with E-state index in [4.69, 9.17) is 5.26 Å². The fraction of sp³-hybridized carbons (Fsp3) is 0.476. The molecule has 2 aromatic rings. The zero-order valence-corrected chi connectivity index (χ0v) is 17.0. The van der Waals surface area contributed by atoms with Crippen LogP contribution in [0.15, 0.2) is 18.2 Å². The summed E-state index contributed by atoms with van der Waals surface area (Å²) in [4.78, 5) is 14.1. The molecule has 0 radical (unpaired) electrons. The van der Waals surface area contributed by atoms with Crippen molar-refractivity contribution in [2.45, 2.75) is 57.2 Å². The van der Waals surface area contributed by atoms with Gasteiger partial charge in [-0.15, -0.1) is 0 Å². The van der Waals surface area contributed by atoms with Gasteiger partial charge in [0.2, 0.25) is 0 Å². The number of hydrogen-bond acceptors (Lipinski definition) is 4. The van der Waals surface area contributed by atoms with Crippen LogP contribution >= 0.6 is 0 Å². The third-order valence-corrected chi connectivity index (χ3v) is 6.08. The number of alkyl halides is 2. The zero-order chi connectivity index (χ0) is 22.4. The molecule has 0 aliphatic carbocycles. The highest BCUT2D eigenvalue weighted by atomic mass is 19.3. The Morgan fingerprint density at radius 1 is 1.39 bits per heavy atom. The van der Waals surface area contributed by atoms with Crippen molar-refractivity contribution in [2.75, 3.05) is 11.9 Å². The number of carbonyl (C=O) groups is 1. The number of nitriles is 1. The van der Waals surface area contributed by atoms with Crippen LogP contribution in [0.25, 0.3) is 0 Å². The van der Waals surface area contributed by atoms with E-state index in [1.165, 1.54) is 21.7 Å². The van der Waals surface area contributed by atoms with E-state index in [0.717, 1.165) is 6.07 Å². The first kappa shape index (κ1) is 21.2. The van der Waals surface area contributed by atoms with Gasteiger partial charge in [-0.05, 0) is 31.0 Å². The van der Waals surface area contributed by atoms with Gasteiger partial charge in [-0.2, -0.15) is 19.1 Å². The van der Waals surface area contributed by atoms with Crippen molar-refractivity contribution in [3.05, 3.63) is 46.5 Å². The maximum absolute atomic E-state index is 15.0. The van der Waals surface area contributed by atoms with Crippen molar-refractivity contribution in [3.63, 3.8) is 0 Å². The molecule has 0 unspecified atom stereocenters. The average molecular weight is 433 g/mol. The van der Waals surface area contributed by atoms with E-state index in [-0.39, 0.29) is 43.0 Å². The lowest BCUT2D eigenvalue weighted by molar-refractivity contribution is -0.0416. The number of rotatable bonds is 2. The summed E-state index contributed by atoms with van der Waals surface area (Å²) in [6.07, 6.45) is 0.110. The van der Waals surface area contributed by atoms with E-state index < -0.39 is 29.8 Å². The Balaban J connectivity index is 1.59. The maximum Gasteiger partial charge on any atom is 0.322 e. The van der Waals surface area contributed by atoms with Crippen molar-refractivity contribution in [2.24, 2.45) is 0 Å². The number of amides is 2. The molecule has 4 rings (SSSR count). The van der Waals surface area contributed by atoms with E-state index in [9.17, 15) is 23.1 Å². The van der Waals surface area contributed by atoms with Gasteiger partial charge in [0, 0.05) is 30.6 Å². The van der Waals surface area contributed by atoms with E-state index >= 15 is 0 Å². The standard InChI is InChI=1S/C21H22F3N5O2/c1-2-20(31)6-7-21(23,24)18-15-11-28(8-5-17(15)27-29(18)12-20)19(30)26-14-3-4-16(22)13(9-14)10-25/h3-4,9,31H,2,5-8,11-12H2,1H3,(H,26,30)/t20-/m1/s1. The number of carbonyl (C=O) groups excluding carboxylic acids is 1. The highest BCUT2D eigenvalue weighted by Crippen LogP contribution is 2.43. The highest BCUT2D eigenvalue weighted by Gasteiger charge is 2.46. The summed E-state index contributed by atoms with van der Waals surface area (Å²) in [7, 11) is 0. The Labute approximate surface area is 177 Å². The molecule has 1 atom stereocenters. The van der Waals surface area contributed by atoms with Gasteiger partial charge in [0.15, 0.2) is 0 Å². The minimum absolute atomic E-state index is 0.0138. The maximum atomic E-state index is 15.0. The van der Waals surface area contributed by atoms with Gasteiger partial charge < -0.3 is 15.3 Å². The molecule has 31 heavy (non-hydrogen) atoms. The number of benzene rings is 1. The molecule has 0 bridgehead atoms. The lowest BCUT2D eigenvalue weighted by atomic mass is 9.93. The van der Waals surface area contributed by atoms with E-state index in [1.807, 2.05) is 0 Å². The zero-order valence-electron chi connectivity index (χ0n) is 17.0. The van der Waals surface area contributed by atoms with Crippen LogP contribution in [0.4, 0.5) is 23.7 Å². The monoisotopic (exact) mass is 433 g/mol. The molecule has 0 saturated heterocycles. The molecule has 10 heteroatoms. The molecular formula is C21H22F3N5O2. The van der Waals surface area contributed by atoms with Gasteiger partial charge >= 0.3 is 6.03 Å². The number of hydrogen-bond donors (Lipinski definition) is 2. The molecule has 164 valence electrons. The van der Waals surface area contributed by atoms with Crippen LogP contribution in [0.2, 0.25) is 0 Å². The van der Waals surface area contributed by atoms with Gasteiger partial charge in [0.05, 0.1) is 29.9 Å². The van der Waals surface area contributed by atoms with Gasteiger partial charge in [-0.25, -0.2) is 9.18 Å². The summed E-state index contributed by atoms with van der Waals surface area (Å²) < 4.78 is 44.7. The molecular weight excluding hydrogens is 411 g/mol. The van der Waals surface area contributed by atoms with Gasteiger partial charge in [0.1, 0.15) is 17.6 Å². The Kier molecular flexibility index (Phi) is 5.17. The average Bonchev–Trinajstić information content (AvgIpc) is 3.06. The highest BCUT2D eigenvalue weighted by molar-refractivity contribution is 5.89. The third kappa shape index (κ3) is 3.85. The molecule has 0 spiro atoms. The predicted molar refractivity (Wildman–Crippen MR) is 105 cm³/mol. The summed E-state index contributed by atoms with van der Waals surface area (Å²) in [5.74, 6) is -3.86. The van der Waals surface area contributed by atoms with Gasteiger partial charge in [0.25, 0.3) is 5.92 Å². The Morgan fingerprint density at radius 3 is 2.87 bits per heavy atom. The van der Waals surface area contributed by atoms with E-state index in [1.54, 1.807) is 13.0 Å². The normalized spacial score (nSPS) is 22.1. The topological polar surface area (TPSA) is 94.2 Å². The second-order valence-electron chi connectivity index (χ2n) is 8.12. The van der Waals surface area contributed by atoms with Crippen molar-refractivity contribution in [1.82, 2.24) is 14.7 Å². The van der Waals surface area contributed by atoms with Gasteiger partial charge in [-0.1, -0.05) is 6.92 Å². The number of nitrogens with one attached hydrogen (secondary N) is 1.